The fourth-order valence-corrected chi connectivity index (χ4v) is 13.8. The number of aliphatic carboxylic acids is 1. The Bertz CT molecular complexity index is 4240. The van der Waals surface area contributed by atoms with Crippen molar-refractivity contribution in [2.24, 2.45) is 85.9 Å². The number of nitrogens with one attached hydrogen (secondary N) is 26. The number of rotatable bonds is 78. The predicted octanol–water partition coefficient (Wildman–Crippen LogP) is -12.8. The quantitative estimate of drug-likeness (QED) is 0.0116. The molecule has 0 bridgehead atoms. The third-order valence-electron chi connectivity index (χ3n) is 21.9. The van der Waals surface area contributed by atoms with Crippen LogP contribution in [0.25, 0.3) is 0 Å². The summed E-state index contributed by atoms with van der Waals surface area (Å²) < 4.78 is 0. The fourth-order valence-electron chi connectivity index (χ4n) is 13.8. The van der Waals surface area contributed by atoms with Gasteiger partial charge in [0.1, 0.15) is 77.9 Å². The number of ketones is 1. The van der Waals surface area contributed by atoms with Gasteiger partial charge in [0.15, 0.2) is 41.5 Å². The molecule has 17 amide bonds. The highest BCUT2D eigenvalue weighted by atomic mass is 16.4. The van der Waals surface area contributed by atoms with Crippen molar-refractivity contribution in [3.8, 4) is 0 Å². The standard InChI is InChI=1S/C84H159N39O20/c1-83(2,74(141)121-56(29-31-59(90)125)72(139)119-54(27-17-41-108-81(100)101)70(137)117-52(25-15-39-106-79(96)97)68(135)114-49(21-6-10-34-86)65(132)112-47(20-5-9-33-85)58(124)43-46(19-13-37-104-77(92)93)63(130)110-45-62(128)129)75(142)122-76(143)84(3,4)123-73(140)57(30-32-60(91)126)120-71(138)55(28-18-42-109-82(102)103)118-69(136)53(26-16-40-107-80(98)99)116-67(134)51(23-8-12-36-88)115-66(133)50(22-7-11-35-87)113-64(131)48(111-61(127)44-89)24-14-38-105-78(94)95/h46-57H,5-45,85-89H2,1-4H3,(H2,90,125)(H2,91,126)(H,110,130)(H,111,127)(H,112,132)(H,113,131)(H,114,135)(H,115,133)(H,116,134)(H,117,137)(H,118,136)(H,119,139)(H,120,138)(H,121,141)(H,123,140)(H,128,129)(H4,92,93,104)(H4,94,95,105)(H4,96,97,106)(H4,98,99,107)(H4,100,101,108)(H4,102,103,109)(H,122,142,143). The molecular formula is C84H159N39O20. The number of unbranched alkanes of at least 4 members (excludes halogenated alkanes) is 4. The molecule has 0 heterocycles. The summed E-state index contributed by atoms with van der Waals surface area (Å²) in [6.45, 7) is 3.49. The highest BCUT2D eigenvalue weighted by Crippen LogP contribution is 2.21. The van der Waals surface area contributed by atoms with Crippen LogP contribution in [0.15, 0.2) is 0 Å². The third kappa shape index (κ3) is 57.3. The molecule has 0 aliphatic carbocycles. The first-order valence-electron chi connectivity index (χ1n) is 47.4. The first-order chi connectivity index (χ1) is 67.3. The maximum atomic E-state index is 14.8. The van der Waals surface area contributed by atoms with Gasteiger partial charge >= 0.3 is 5.97 Å². The first-order valence-corrected chi connectivity index (χ1v) is 47.4. The molecule has 0 rings (SSSR count). The van der Waals surface area contributed by atoms with E-state index in [2.05, 4.69) is 101 Å². The van der Waals surface area contributed by atoms with Crippen molar-refractivity contribution >= 4 is 148 Å². The Hall–Kier alpha value is -14.2. The van der Waals surface area contributed by atoms with Crippen molar-refractivity contribution in [2.75, 3.05) is 78.5 Å². The number of imide groups is 1. The van der Waals surface area contributed by atoms with Gasteiger partial charge in [-0.2, -0.15) is 0 Å². The Kier molecular flexibility index (Phi) is 64.1. The Balaban J connectivity index is 7.69. The SMILES string of the molecule is CC(C)(NC(=O)C(CCC(N)=O)NC(=O)C(CCCNC(=N)N)NC(=O)C(CCCNC(=N)N)NC(=O)C(CCCCN)NC(=O)C(CCCCN)NC(=O)C(CCCNC(=N)N)NC(=O)CN)C(=O)NC(=O)C(C)(C)C(=O)NC(CCC(N)=O)C(=O)NC(CCCNC(=N)N)C(=O)NC(CCCNC(=N)N)C(=O)NC(CCCCN)C(=O)NC(CCCCN)C(=O)CC(CCCNC(=N)N)C(=O)NCC(=O)O. The summed E-state index contributed by atoms with van der Waals surface area (Å²) in [7, 11) is 0. The molecule has 0 spiro atoms. The molecule has 0 aromatic carbocycles. The van der Waals surface area contributed by atoms with Crippen LogP contribution in [0.4, 0.5) is 0 Å². The Morgan fingerprint density at radius 3 is 0.776 bits per heavy atom. The van der Waals surface area contributed by atoms with E-state index in [4.69, 9.17) is 107 Å². The summed E-state index contributed by atoms with van der Waals surface area (Å²) >= 11 is 0. The molecule has 0 aliphatic heterocycles. The summed E-state index contributed by atoms with van der Waals surface area (Å²) in [6, 6.07) is -17.1. The van der Waals surface area contributed by atoms with Gasteiger partial charge in [0.2, 0.25) is 94.5 Å². The monoisotopic (exact) mass is 2030 g/mol. The van der Waals surface area contributed by atoms with Crippen LogP contribution in [0.5, 0.6) is 0 Å². The Morgan fingerprint density at radius 2 is 0.517 bits per heavy atom. The molecule has 59 nitrogen and oxygen atoms in total. The van der Waals surface area contributed by atoms with Crippen LogP contribution < -0.4 is 181 Å². The second-order valence-corrected chi connectivity index (χ2v) is 34.9. The second-order valence-electron chi connectivity index (χ2n) is 34.9. The number of primary amides is 2. The third-order valence-corrected chi connectivity index (χ3v) is 21.9. The molecule has 143 heavy (non-hydrogen) atoms. The molecule has 810 valence electrons. The molecule has 0 aromatic heterocycles. The van der Waals surface area contributed by atoms with Gasteiger partial charge in [0.25, 0.3) is 5.91 Å². The lowest BCUT2D eigenvalue weighted by Crippen LogP contribution is -2.63. The van der Waals surface area contributed by atoms with Gasteiger partial charge in [-0.3, -0.25) is 129 Å². The number of amides is 17. The van der Waals surface area contributed by atoms with E-state index in [1.54, 1.807) is 0 Å². The summed E-state index contributed by atoms with van der Waals surface area (Å²) in [4.78, 5) is 266. The molecule has 12 unspecified atom stereocenters. The van der Waals surface area contributed by atoms with E-state index in [9.17, 15) is 96.2 Å². The highest BCUT2D eigenvalue weighted by molar-refractivity contribution is 6.12. The topological polar surface area (TPSA) is 1070 Å². The number of carboxylic acid groups (broad SMARTS) is 1. The summed E-state index contributed by atoms with van der Waals surface area (Å²) in [6.07, 6.45) is -1.73. The molecule has 0 fully saturated rings. The van der Waals surface area contributed by atoms with E-state index in [-0.39, 0.29) is 206 Å². The van der Waals surface area contributed by atoms with Crippen molar-refractivity contribution in [2.45, 2.75) is 286 Å². The average molecular weight is 2040 g/mol. The smallest absolute Gasteiger partial charge is 0.322 e. The van der Waals surface area contributed by atoms with E-state index in [1.165, 1.54) is 0 Å². The molecule has 12 atom stereocenters. The van der Waals surface area contributed by atoms with Gasteiger partial charge in [-0.25, -0.2) is 0 Å². The lowest BCUT2D eigenvalue weighted by molar-refractivity contribution is -0.147. The van der Waals surface area contributed by atoms with Gasteiger partial charge < -0.3 is 181 Å². The number of carbonyl (C=O) groups excluding carboxylic acids is 18. The van der Waals surface area contributed by atoms with Crippen LogP contribution in [0.3, 0.4) is 0 Å². The van der Waals surface area contributed by atoms with Gasteiger partial charge in [0, 0.05) is 64.4 Å². The van der Waals surface area contributed by atoms with E-state index < -0.39 is 265 Å². The molecule has 0 radical (unpaired) electrons. The normalized spacial score (nSPS) is 13.6. The number of Topliss-reactive ketones (excluding diaryl/α,β-unsaturated/α-hetero) is 1. The minimum Gasteiger partial charge on any atom is -0.480 e. The zero-order chi connectivity index (χ0) is 108. The fraction of sp³-hybridized carbons (Fsp3) is 0.702. The van der Waals surface area contributed by atoms with E-state index in [0.717, 1.165) is 27.7 Å². The zero-order valence-electron chi connectivity index (χ0n) is 82.1. The first kappa shape index (κ1) is 129. The Labute approximate surface area is 829 Å². The number of nitrogens with two attached hydrogens (primary N) is 13. The highest BCUT2D eigenvalue weighted by Gasteiger charge is 2.44. The number of guanidine groups is 6. The van der Waals surface area contributed by atoms with Crippen LogP contribution in [-0.2, 0) is 91.1 Å². The molecule has 0 saturated carbocycles. The largest absolute Gasteiger partial charge is 0.480 e. The van der Waals surface area contributed by atoms with Gasteiger partial charge in [-0.05, 0) is 221 Å². The molecule has 53 N–H and O–H groups in total. The number of hydrogen-bond donors (Lipinski definition) is 40. The van der Waals surface area contributed by atoms with Gasteiger partial charge in [-0.15, -0.1) is 0 Å². The maximum absolute atomic E-state index is 14.8. The zero-order valence-corrected chi connectivity index (χ0v) is 82.1. The van der Waals surface area contributed by atoms with Crippen LogP contribution in [0, 0.1) is 43.8 Å². The minimum absolute atomic E-state index is 0.00430. The van der Waals surface area contributed by atoms with Crippen LogP contribution in [-0.4, -0.2) is 304 Å². The van der Waals surface area contributed by atoms with Crippen molar-refractivity contribution in [3.05, 3.63) is 0 Å². The van der Waals surface area contributed by atoms with Crippen LogP contribution in [0.2, 0.25) is 0 Å². The molecule has 0 saturated heterocycles. The Morgan fingerprint density at radius 1 is 0.273 bits per heavy atom. The van der Waals surface area contributed by atoms with E-state index >= 15 is 0 Å². The number of hydrogen-bond acceptors (Lipinski definition) is 30. The van der Waals surface area contributed by atoms with Gasteiger partial charge in [0.05, 0.1) is 12.6 Å². The molecule has 0 aliphatic rings. The predicted molar refractivity (Wildman–Crippen MR) is 527 cm³/mol. The summed E-state index contributed by atoms with van der Waals surface area (Å²) in [5.74, 6) is -23.5. The lowest BCUT2D eigenvalue weighted by atomic mass is 9.89. The number of carboxylic acids is 1. The average Bonchev–Trinajstić information content (AvgIpc) is 0.811. The van der Waals surface area contributed by atoms with Crippen LogP contribution >= 0.6 is 0 Å². The lowest BCUT2D eigenvalue weighted by Gasteiger charge is -2.31. The summed E-state index contributed by atoms with van der Waals surface area (Å²) in [5.41, 5.74) is 68.2. The van der Waals surface area contributed by atoms with Gasteiger partial charge in [-0.1, -0.05) is 0 Å². The second kappa shape index (κ2) is 71.2. The maximum Gasteiger partial charge on any atom is 0.322 e. The summed E-state index contributed by atoms with van der Waals surface area (Å²) in [5, 5.41) is 105. The van der Waals surface area contributed by atoms with Crippen LogP contribution in [0.1, 0.15) is 214 Å². The van der Waals surface area contributed by atoms with Crippen molar-refractivity contribution in [3.63, 3.8) is 0 Å². The molecule has 59 heteroatoms. The van der Waals surface area contributed by atoms with Crippen molar-refractivity contribution < 1.29 is 96.2 Å². The number of carbonyl (C=O) groups is 19. The molecule has 0 aromatic rings. The van der Waals surface area contributed by atoms with E-state index in [1.807, 2.05) is 5.32 Å². The molecular weight excluding hydrogens is 1880 g/mol. The van der Waals surface area contributed by atoms with Crippen molar-refractivity contribution in [1.29, 1.82) is 32.5 Å². The minimum atomic E-state index is -2.41. The van der Waals surface area contributed by atoms with E-state index in [0.29, 0.717) is 25.7 Å². The van der Waals surface area contributed by atoms with Crippen molar-refractivity contribution in [1.82, 2.24) is 106 Å².